The second kappa shape index (κ2) is 13.3. The molecule has 192 valence electrons. The van der Waals surface area contributed by atoms with Crippen LogP contribution >= 0.6 is 11.8 Å². The molecular formula is C28H29N3O5S. The Morgan fingerprint density at radius 2 is 1.19 bits per heavy atom. The van der Waals surface area contributed by atoms with E-state index in [1.807, 2.05) is 91.0 Å². The predicted octanol–water partition coefficient (Wildman–Crippen LogP) is 2.53. The van der Waals surface area contributed by atoms with Crippen molar-refractivity contribution < 1.29 is 24.3 Å². The zero-order valence-corrected chi connectivity index (χ0v) is 21.2. The number of nitrogens with one attached hydrogen (secondary N) is 3. The predicted molar refractivity (Wildman–Crippen MR) is 143 cm³/mol. The van der Waals surface area contributed by atoms with E-state index in [9.17, 15) is 19.2 Å². The lowest BCUT2D eigenvalue weighted by Crippen LogP contribution is -2.48. The molecule has 8 nitrogen and oxygen atoms in total. The molecule has 0 spiro atoms. The van der Waals surface area contributed by atoms with Crippen LogP contribution in [0.4, 0.5) is 0 Å². The number of thioether (sulfide) groups is 1. The number of carbonyl (C=O) groups is 4. The second-order valence-corrected chi connectivity index (χ2v) is 9.44. The van der Waals surface area contributed by atoms with Crippen molar-refractivity contribution in [3.63, 3.8) is 0 Å². The van der Waals surface area contributed by atoms with Gasteiger partial charge in [0, 0.05) is 0 Å². The first-order valence-corrected chi connectivity index (χ1v) is 12.7. The van der Waals surface area contributed by atoms with Crippen molar-refractivity contribution in [3.8, 4) is 0 Å². The fourth-order valence-electron chi connectivity index (χ4n) is 3.85. The monoisotopic (exact) mass is 519 g/mol. The smallest absolute Gasteiger partial charge is 0.322 e. The van der Waals surface area contributed by atoms with Gasteiger partial charge in [0.15, 0.2) is 0 Å². The molecule has 0 saturated heterocycles. The summed E-state index contributed by atoms with van der Waals surface area (Å²) in [5.41, 5.74) is 3.05. The van der Waals surface area contributed by atoms with Gasteiger partial charge in [-0.15, -0.1) is 11.8 Å². The van der Waals surface area contributed by atoms with E-state index in [0.29, 0.717) is 0 Å². The minimum absolute atomic E-state index is 0.0649. The van der Waals surface area contributed by atoms with E-state index in [2.05, 4.69) is 16.0 Å². The van der Waals surface area contributed by atoms with Gasteiger partial charge in [-0.1, -0.05) is 91.0 Å². The fourth-order valence-corrected chi connectivity index (χ4v) is 5.19. The van der Waals surface area contributed by atoms with Crippen LogP contribution in [-0.4, -0.2) is 53.7 Å². The molecule has 9 heteroatoms. The van der Waals surface area contributed by atoms with E-state index in [0.717, 1.165) is 16.7 Å². The molecule has 0 aliphatic heterocycles. The van der Waals surface area contributed by atoms with Crippen molar-refractivity contribution >= 4 is 35.5 Å². The molecule has 0 aromatic heterocycles. The van der Waals surface area contributed by atoms with Crippen LogP contribution in [0.3, 0.4) is 0 Å². The first kappa shape index (κ1) is 27.5. The number of carboxylic acids is 1. The minimum Gasteiger partial charge on any atom is -0.480 e. The summed E-state index contributed by atoms with van der Waals surface area (Å²) in [6.45, 7) is 0.594. The maximum atomic E-state index is 13.0. The molecule has 0 heterocycles. The quantitative estimate of drug-likeness (QED) is 0.273. The van der Waals surface area contributed by atoms with Crippen LogP contribution in [0, 0.1) is 0 Å². The summed E-state index contributed by atoms with van der Waals surface area (Å²) in [6.07, 6.45) is 0. The lowest BCUT2D eigenvalue weighted by Gasteiger charge is -2.35. The maximum Gasteiger partial charge on any atom is 0.322 e. The molecule has 3 amide bonds. The number of amides is 3. The molecule has 0 fully saturated rings. The highest BCUT2D eigenvalue weighted by atomic mass is 32.2. The number of rotatable bonds is 12. The molecule has 0 radical (unpaired) electrons. The Morgan fingerprint density at radius 3 is 1.62 bits per heavy atom. The number of carbonyl (C=O) groups excluding carboxylic acids is 3. The molecule has 0 saturated carbocycles. The van der Waals surface area contributed by atoms with E-state index in [4.69, 9.17) is 5.11 Å². The minimum atomic E-state index is -1.18. The largest absolute Gasteiger partial charge is 0.480 e. The molecule has 0 aliphatic carbocycles. The van der Waals surface area contributed by atoms with E-state index >= 15 is 0 Å². The third kappa shape index (κ3) is 7.44. The van der Waals surface area contributed by atoms with Crippen LogP contribution in [0.15, 0.2) is 91.0 Å². The normalized spacial score (nSPS) is 11.7. The first-order chi connectivity index (χ1) is 17.8. The van der Waals surface area contributed by atoms with Crippen LogP contribution < -0.4 is 16.0 Å². The molecule has 0 aliphatic rings. The lowest BCUT2D eigenvalue weighted by molar-refractivity contribution is -0.137. The van der Waals surface area contributed by atoms with E-state index in [1.54, 1.807) is 0 Å². The van der Waals surface area contributed by atoms with Crippen molar-refractivity contribution in [2.24, 2.45) is 0 Å². The van der Waals surface area contributed by atoms with Crippen molar-refractivity contribution in [1.29, 1.82) is 0 Å². The summed E-state index contributed by atoms with van der Waals surface area (Å²) in [4.78, 5) is 47.5. The number of carboxylic acid groups (broad SMARTS) is 1. The van der Waals surface area contributed by atoms with Gasteiger partial charge in [0.1, 0.15) is 12.6 Å². The summed E-state index contributed by atoms with van der Waals surface area (Å²) in [7, 11) is 0. The van der Waals surface area contributed by atoms with Crippen molar-refractivity contribution in [1.82, 2.24) is 16.0 Å². The van der Waals surface area contributed by atoms with E-state index < -0.39 is 35.1 Å². The molecule has 0 unspecified atom stereocenters. The van der Waals surface area contributed by atoms with Crippen LogP contribution in [-0.2, 0) is 23.9 Å². The Bertz CT molecular complexity index is 1110. The second-order valence-electron chi connectivity index (χ2n) is 8.25. The number of hydrogen-bond acceptors (Lipinski definition) is 5. The Balaban J connectivity index is 1.74. The topological polar surface area (TPSA) is 125 Å². The molecule has 0 bridgehead atoms. The van der Waals surface area contributed by atoms with Crippen molar-refractivity contribution in [2.75, 3.05) is 18.8 Å². The molecule has 3 aromatic rings. The summed E-state index contributed by atoms with van der Waals surface area (Å²) >= 11 is 1.45. The van der Waals surface area contributed by atoms with Gasteiger partial charge < -0.3 is 21.1 Å². The Morgan fingerprint density at radius 1 is 0.730 bits per heavy atom. The zero-order chi connectivity index (χ0) is 26.7. The third-order valence-electron chi connectivity index (χ3n) is 5.59. The summed E-state index contributed by atoms with van der Waals surface area (Å²) in [5, 5.41) is 15.8. The van der Waals surface area contributed by atoms with Gasteiger partial charge in [0.05, 0.1) is 17.0 Å². The highest BCUT2D eigenvalue weighted by molar-refractivity contribution is 8.01. The SMILES string of the molecule is C[C@H](NC(=O)CSC(c1ccccc1)(c1ccccc1)c1ccccc1)C(=O)NCC(=O)NCC(=O)O. The van der Waals surface area contributed by atoms with Gasteiger partial charge in [0.2, 0.25) is 17.7 Å². The average Bonchev–Trinajstić information content (AvgIpc) is 2.92. The summed E-state index contributed by atoms with van der Waals surface area (Å²) in [6, 6.07) is 29.0. The highest BCUT2D eigenvalue weighted by Gasteiger charge is 2.37. The molecule has 37 heavy (non-hydrogen) atoms. The lowest BCUT2D eigenvalue weighted by atomic mass is 9.84. The maximum absolute atomic E-state index is 13.0. The Hall–Kier alpha value is -4.11. The number of hydrogen-bond donors (Lipinski definition) is 4. The van der Waals surface area contributed by atoms with Crippen molar-refractivity contribution in [3.05, 3.63) is 108 Å². The standard InChI is InChI=1S/C28H29N3O5S/c1-20(27(36)30-17-24(32)29-18-26(34)35)31-25(33)19-37-28(21-11-5-2-6-12-21,22-13-7-3-8-14-22)23-15-9-4-10-16-23/h2-16,20H,17-19H2,1H3,(H,29,32)(H,30,36)(H,31,33)(H,34,35)/t20-/m0/s1. The van der Waals surface area contributed by atoms with Gasteiger partial charge in [-0.25, -0.2) is 0 Å². The van der Waals surface area contributed by atoms with Crippen LogP contribution in [0.2, 0.25) is 0 Å². The van der Waals surface area contributed by atoms with Crippen LogP contribution in [0.25, 0.3) is 0 Å². The van der Waals surface area contributed by atoms with Gasteiger partial charge in [-0.2, -0.15) is 0 Å². The van der Waals surface area contributed by atoms with Crippen LogP contribution in [0.5, 0.6) is 0 Å². The average molecular weight is 520 g/mol. The summed E-state index contributed by atoms with van der Waals surface area (Å²) < 4.78 is -0.672. The van der Waals surface area contributed by atoms with Gasteiger partial charge in [-0.05, 0) is 23.6 Å². The van der Waals surface area contributed by atoms with Gasteiger partial charge in [-0.3, -0.25) is 19.2 Å². The number of benzene rings is 3. The third-order valence-corrected chi connectivity index (χ3v) is 7.14. The summed E-state index contributed by atoms with van der Waals surface area (Å²) in [5.74, 6) is -2.65. The van der Waals surface area contributed by atoms with E-state index in [-0.39, 0.29) is 18.2 Å². The van der Waals surface area contributed by atoms with Gasteiger partial charge >= 0.3 is 5.97 Å². The molecule has 4 N–H and O–H groups in total. The highest BCUT2D eigenvalue weighted by Crippen LogP contribution is 2.48. The molecule has 3 aromatic carbocycles. The Labute approximate surface area is 219 Å². The van der Waals surface area contributed by atoms with E-state index in [1.165, 1.54) is 18.7 Å². The molecule has 1 atom stereocenters. The molecule has 3 rings (SSSR count). The van der Waals surface area contributed by atoms with Gasteiger partial charge in [0.25, 0.3) is 0 Å². The van der Waals surface area contributed by atoms with Crippen LogP contribution in [0.1, 0.15) is 23.6 Å². The Kier molecular flexibility index (Phi) is 9.85. The fraction of sp³-hybridized carbons (Fsp3) is 0.214. The molecular weight excluding hydrogens is 490 g/mol. The number of aliphatic carboxylic acids is 1. The first-order valence-electron chi connectivity index (χ1n) is 11.7. The van der Waals surface area contributed by atoms with Crippen molar-refractivity contribution in [2.45, 2.75) is 17.7 Å². The zero-order valence-electron chi connectivity index (χ0n) is 20.3.